The summed E-state index contributed by atoms with van der Waals surface area (Å²) in [6.45, 7) is 4.77. The van der Waals surface area contributed by atoms with E-state index in [4.69, 9.17) is 11.6 Å². The largest absolute Gasteiger partial charge is 0.367 e. The lowest BCUT2D eigenvalue weighted by Gasteiger charge is -2.36. The van der Waals surface area contributed by atoms with Gasteiger partial charge in [-0.2, -0.15) is 0 Å². The second-order valence-electron chi connectivity index (χ2n) is 6.35. The third-order valence-electron chi connectivity index (χ3n) is 4.57. The van der Waals surface area contributed by atoms with Crippen molar-refractivity contribution in [2.24, 2.45) is 0 Å². The van der Waals surface area contributed by atoms with E-state index >= 15 is 0 Å². The Bertz CT molecular complexity index is 851. The predicted molar refractivity (Wildman–Crippen MR) is 113 cm³/mol. The maximum atomic E-state index is 12.4. The monoisotopic (exact) mass is 449 g/mol. The van der Waals surface area contributed by atoms with Crippen LogP contribution in [0.1, 0.15) is 23.7 Å². The molecular weight excluding hydrogens is 430 g/mol. The Morgan fingerprint density at radius 3 is 2.48 bits per heavy atom. The van der Waals surface area contributed by atoms with Crippen LogP contribution in [0.4, 0.5) is 11.4 Å². The van der Waals surface area contributed by atoms with Crippen molar-refractivity contribution in [3.8, 4) is 0 Å². The fourth-order valence-electron chi connectivity index (χ4n) is 3.09. The van der Waals surface area contributed by atoms with Crippen molar-refractivity contribution in [1.82, 2.24) is 4.90 Å². The number of nitrogens with one attached hydrogen (secondary N) is 1. The second kappa shape index (κ2) is 8.76. The van der Waals surface area contributed by atoms with Gasteiger partial charge in [0.15, 0.2) is 0 Å². The Hall–Kier alpha value is -2.05. The molecule has 0 aromatic heterocycles. The maximum absolute atomic E-state index is 12.4. The molecule has 1 aliphatic heterocycles. The van der Waals surface area contributed by atoms with Gasteiger partial charge < -0.3 is 15.1 Å². The normalized spacial score (nSPS) is 14.2. The average Bonchev–Trinajstić information content (AvgIpc) is 2.67. The third-order valence-corrected chi connectivity index (χ3v) is 5.36. The van der Waals surface area contributed by atoms with E-state index in [-0.39, 0.29) is 11.8 Å². The first-order chi connectivity index (χ1) is 13.0. The molecule has 27 heavy (non-hydrogen) atoms. The summed E-state index contributed by atoms with van der Waals surface area (Å²) < 4.78 is 0.851. The Morgan fingerprint density at radius 1 is 1.11 bits per heavy atom. The molecule has 0 bridgehead atoms. The molecule has 2 amide bonds. The molecular formula is C20H21BrClN3O2. The van der Waals surface area contributed by atoms with Crippen molar-refractivity contribution < 1.29 is 9.59 Å². The number of piperazine rings is 1. The van der Waals surface area contributed by atoms with Crippen LogP contribution < -0.4 is 10.2 Å². The number of hydrogen-bond donors (Lipinski definition) is 1. The van der Waals surface area contributed by atoms with Gasteiger partial charge in [-0.25, -0.2) is 0 Å². The van der Waals surface area contributed by atoms with Gasteiger partial charge in [0.25, 0.3) is 5.91 Å². The first kappa shape index (κ1) is 19.7. The van der Waals surface area contributed by atoms with Gasteiger partial charge in [0.05, 0.1) is 10.7 Å². The summed E-state index contributed by atoms with van der Waals surface area (Å²) in [5.41, 5.74) is 2.13. The van der Waals surface area contributed by atoms with E-state index in [1.54, 1.807) is 18.2 Å². The van der Waals surface area contributed by atoms with Crippen LogP contribution in [0.3, 0.4) is 0 Å². The van der Waals surface area contributed by atoms with E-state index in [1.165, 1.54) is 0 Å². The molecule has 0 spiro atoms. The molecule has 1 aliphatic rings. The molecule has 1 N–H and O–H groups in total. The zero-order valence-electron chi connectivity index (χ0n) is 15.0. The minimum Gasteiger partial charge on any atom is -0.367 e. The number of carbonyl (C=O) groups excluding carboxylic acids is 2. The smallest absolute Gasteiger partial charge is 0.255 e. The summed E-state index contributed by atoms with van der Waals surface area (Å²) in [6, 6.07) is 12.7. The highest BCUT2D eigenvalue weighted by Crippen LogP contribution is 2.30. The maximum Gasteiger partial charge on any atom is 0.255 e. The molecule has 3 rings (SSSR count). The van der Waals surface area contributed by atoms with Gasteiger partial charge in [0.1, 0.15) is 0 Å². The summed E-state index contributed by atoms with van der Waals surface area (Å²) in [4.78, 5) is 28.2. The van der Waals surface area contributed by atoms with E-state index in [2.05, 4.69) is 26.1 Å². The highest BCUT2D eigenvalue weighted by molar-refractivity contribution is 9.10. The van der Waals surface area contributed by atoms with E-state index in [0.29, 0.717) is 35.8 Å². The molecule has 0 saturated carbocycles. The van der Waals surface area contributed by atoms with E-state index in [0.717, 1.165) is 23.2 Å². The topological polar surface area (TPSA) is 52.7 Å². The number of halogens is 2. The first-order valence-corrected chi connectivity index (χ1v) is 10.0. The number of rotatable bonds is 4. The summed E-state index contributed by atoms with van der Waals surface area (Å²) in [7, 11) is 0. The van der Waals surface area contributed by atoms with Gasteiger partial charge in [-0.1, -0.05) is 40.5 Å². The van der Waals surface area contributed by atoms with Crippen LogP contribution in [0.15, 0.2) is 46.9 Å². The molecule has 5 nitrogen and oxygen atoms in total. The van der Waals surface area contributed by atoms with Crippen LogP contribution in [-0.2, 0) is 4.79 Å². The van der Waals surface area contributed by atoms with Crippen molar-refractivity contribution in [3.63, 3.8) is 0 Å². The van der Waals surface area contributed by atoms with Crippen molar-refractivity contribution in [3.05, 3.63) is 57.5 Å². The van der Waals surface area contributed by atoms with Crippen LogP contribution in [-0.4, -0.2) is 42.9 Å². The Kier molecular flexibility index (Phi) is 6.39. The summed E-state index contributed by atoms with van der Waals surface area (Å²) >= 11 is 9.83. The van der Waals surface area contributed by atoms with Crippen LogP contribution in [0.5, 0.6) is 0 Å². The van der Waals surface area contributed by atoms with Gasteiger partial charge in [0, 0.05) is 48.3 Å². The number of nitrogens with zero attached hydrogens (tertiary/aromatic N) is 2. The van der Waals surface area contributed by atoms with Crippen LogP contribution in [0.25, 0.3) is 0 Å². The van der Waals surface area contributed by atoms with Gasteiger partial charge in [-0.3, -0.25) is 9.59 Å². The van der Waals surface area contributed by atoms with Crippen molar-refractivity contribution in [2.75, 3.05) is 36.4 Å². The molecule has 1 fully saturated rings. The molecule has 2 aromatic carbocycles. The fourth-order valence-corrected chi connectivity index (χ4v) is 3.79. The lowest BCUT2D eigenvalue weighted by atomic mass is 10.2. The van der Waals surface area contributed by atoms with E-state index < -0.39 is 0 Å². The zero-order valence-corrected chi connectivity index (χ0v) is 17.4. The predicted octanol–water partition coefficient (Wildman–Crippen LogP) is 4.41. The standard InChI is InChI=1S/C20H21BrClN3O2/c1-2-19(26)25-10-8-24(9-11-25)18-7-6-16(13-17(18)22)23-20(27)14-4-3-5-15(21)12-14/h3-7,12-13H,2,8-11H2,1H3,(H,23,27). The number of anilines is 2. The Morgan fingerprint density at radius 2 is 1.85 bits per heavy atom. The van der Waals surface area contributed by atoms with E-state index in [1.807, 2.05) is 36.1 Å². The van der Waals surface area contributed by atoms with Crippen LogP contribution in [0, 0.1) is 0 Å². The molecule has 0 aliphatic carbocycles. The summed E-state index contributed by atoms with van der Waals surface area (Å²) in [5.74, 6) is -0.00170. The quantitative estimate of drug-likeness (QED) is 0.750. The van der Waals surface area contributed by atoms with Crippen LogP contribution in [0.2, 0.25) is 5.02 Å². The molecule has 142 valence electrons. The molecule has 2 aromatic rings. The molecule has 0 unspecified atom stereocenters. The lowest BCUT2D eigenvalue weighted by molar-refractivity contribution is -0.131. The third kappa shape index (κ3) is 4.82. The van der Waals surface area contributed by atoms with Gasteiger partial charge >= 0.3 is 0 Å². The minimum absolute atomic E-state index is 0.186. The number of hydrogen-bond acceptors (Lipinski definition) is 3. The van der Waals surface area contributed by atoms with Crippen molar-refractivity contribution >= 4 is 50.7 Å². The molecule has 0 radical (unpaired) electrons. The lowest BCUT2D eigenvalue weighted by Crippen LogP contribution is -2.48. The van der Waals surface area contributed by atoms with Gasteiger partial charge in [0.2, 0.25) is 5.91 Å². The average molecular weight is 451 g/mol. The fraction of sp³-hybridized carbons (Fsp3) is 0.300. The van der Waals surface area contributed by atoms with Crippen molar-refractivity contribution in [1.29, 1.82) is 0 Å². The highest BCUT2D eigenvalue weighted by atomic mass is 79.9. The van der Waals surface area contributed by atoms with E-state index in [9.17, 15) is 9.59 Å². The molecule has 1 saturated heterocycles. The highest BCUT2D eigenvalue weighted by Gasteiger charge is 2.21. The number of benzene rings is 2. The zero-order chi connectivity index (χ0) is 19.4. The second-order valence-corrected chi connectivity index (χ2v) is 7.67. The summed E-state index contributed by atoms with van der Waals surface area (Å²) in [5, 5.41) is 3.45. The minimum atomic E-state index is -0.188. The van der Waals surface area contributed by atoms with Gasteiger partial charge in [-0.05, 0) is 36.4 Å². The molecule has 1 heterocycles. The van der Waals surface area contributed by atoms with Crippen LogP contribution >= 0.6 is 27.5 Å². The Labute approximate surface area is 172 Å². The van der Waals surface area contributed by atoms with Crippen molar-refractivity contribution in [2.45, 2.75) is 13.3 Å². The first-order valence-electron chi connectivity index (χ1n) is 8.87. The number of carbonyl (C=O) groups is 2. The van der Waals surface area contributed by atoms with Gasteiger partial charge in [-0.15, -0.1) is 0 Å². The summed E-state index contributed by atoms with van der Waals surface area (Å²) in [6.07, 6.45) is 0.535. The number of amides is 2. The molecule has 7 heteroatoms. The molecule has 0 atom stereocenters. The Balaban J connectivity index is 1.66. The SMILES string of the molecule is CCC(=O)N1CCN(c2ccc(NC(=O)c3cccc(Br)c3)cc2Cl)CC1.